The third-order valence-electron chi connectivity index (χ3n) is 2.34. The van der Waals surface area contributed by atoms with Crippen LogP contribution in [0.15, 0.2) is 48.5 Å². The Balaban J connectivity index is 2.53. The van der Waals surface area contributed by atoms with E-state index < -0.39 is 6.85 Å². The maximum Gasteiger partial charge on any atom is 0.0280 e. The maximum atomic E-state index is 7.51. The van der Waals surface area contributed by atoms with E-state index >= 15 is 0 Å². The lowest BCUT2D eigenvalue weighted by Gasteiger charge is -2.04. The van der Waals surface area contributed by atoms with Crippen molar-refractivity contribution >= 4 is 0 Å². The van der Waals surface area contributed by atoms with E-state index in [9.17, 15) is 0 Å². The standard InChI is InChI=1S/C14H14/c1-11-8-9-14(10-12(11)2)13-6-4-3-5-7-13/h3-10H,1-2H3/i2D3. The Morgan fingerprint density at radius 1 is 0.857 bits per heavy atom. The molecule has 2 rings (SSSR count). The molecule has 0 heterocycles. The zero-order chi connectivity index (χ0) is 12.5. The molecule has 2 aromatic carbocycles. The summed E-state index contributed by atoms with van der Waals surface area (Å²) in [5, 5.41) is 0. The Morgan fingerprint density at radius 3 is 2.36 bits per heavy atom. The van der Waals surface area contributed by atoms with Crippen molar-refractivity contribution in [2.75, 3.05) is 0 Å². The molecule has 0 aromatic heterocycles. The first-order chi connectivity index (χ1) is 7.98. The van der Waals surface area contributed by atoms with Crippen molar-refractivity contribution in [2.24, 2.45) is 0 Å². The smallest absolute Gasteiger partial charge is 0.0280 e. The third-order valence-corrected chi connectivity index (χ3v) is 2.34. The summed E-state index contributed by atoms with van der Waals surface area (Å²) >= 11 is 0. The monoisotopic (exact) mass is 185 g/mol. The predicted octanol–water partition coefficient (Wildman–Crippen LogP) is 3.97. The van der Waals surface area contributed by atoms with Crippen LogP contribution in [0.3, 0.4) is 0 Å². The van der Waals surface area contributed by atoms with Crippen LogP contribution in [0.4, 0.5) is 0 Å². The van der Waals surface area contributed by atoms with Crippen molar-refractivity contribution in [3.63, 3.8) is 0 Å². The van der Waals surface area contributed by atoms with Gasteiger partial charge >= 0.3 is 0 Å². The van der Waals surface area contributed by atoms with E-state index in [0.29, 0.717) is 5.56 Å². The van der Waals surface area contributed by atoms with Gasteiger partial charge in [0, 0.05) is 4.11 Å². The molecule has 0 bridgehead atoms. The van der Waals surface area contributed by atoms with Gasteiger partial charge in [0.05, 0.1) is 0 Å². The van der Waals surface area contributed by atoms with Gasteiger partial charge < -0.3 is 0 Å². The Kier molecular flexibility index (Phi) is 1.58. The molecule has 0 unspecified atom stereocenters. The van der Waals surface area contributed by atoms with Gasteiger partial charge in [-0.2, -0.15) is 0 Å². The second kappa shape index (κ2) is 3.67. The van der Waals surface area contributed by atoms with E-state index in [1.54, 1.807) is 6.07 Å². The van der Waals surface area contributed by atoms with E-state index in [-0.39, 0.29) is 0 Å². The average Bonchev–Trinajstić information content (AvgIpc) is 2.29. The van der Waals surface area contributed by atoms with Crippen LogP contribution in [0.25, 0.3) is 11.1 Å². The van der Waals surface area contributed by atoms with Crippen molar-refractivity contribution in [3.8, 4) is 11.1 Å². The highest BCUT2D eigenvalue weighted by Crippen LogP contribution is 2.21. The second-order valence-corrected chi connectivity index (χ2v) is 3.40. The first-order valence-electron chi connectivity index (χ1n) is 6.15. The average molecular weight is 185 g/mol. The zero-order valence-corrected chi connectivity index (χ0v) is 8.12. The van der Waals surface area contributed by atoms with Crippen LogP contribution in [-0.4, -0.2) is 0 Å². The first-order valence-corrected chi connectivity index (χ1v) is 4.65. The molecular weight excluding hydrogens is 168 g/mol. The fraction of sp³-hybridized carbons (Fsp3) is 0.143. The molecule has 0 nitrogen and oxygen atoms in total. The van der Waals surface area contributed by atoms with Crippen LogP contribution in [0.1, 0.15) is 15.2 Å². The summed E-state index contributed by atoms with van der Waals surface area (Å²) in [4.78, 5) is 0. The van der Waals surface area contributed by atoms with Gasteiger partial charge in [0.1, 0.15) is 0 Å². The van der Waals surface area contributed by atoms with Gasteiger partial charge in [-0.25, -0.2) is 0 Å². The number of aryl methyl sites for hydroxylation is 2. The van der Waals surface area contributed by atoms with Gasteiger partial charge in [0.15, 0.2) is 0 Å². The predicted molar refractivity (Wildman–Crippen MR) is 61.4 cm³/mol. The van der Waals surface area contributed by atoms with E-state index in [1.807, 2.05) is 49.4 Å². The number of benzene rings is 2. The molecule has 0 aliphatic heterocycles. The molecule has 0 heteroatoms. The Bertz CT molecular complexity index is 513. The molecule has 0 amide bonds. The van der Waals surface area contributed by atoms with Crippen LogP contribution in [0.2, 0.25) is 0 Å². The molecule has 0 spiro atoms. The molecule has 0 N–H and O–H groups in total. The van der Waals surface area contributed by atoms with Gasteiger partial charge in [0.2, 0.25) is 0 Å². The summed E-state index contributed by atoms with van der Waals surface area (Å²) < 4.78 is 22.5. The molecular formula is C14H14. The third kappa shape index (κ3) is 1.69. The molecule has 14 heavy (non-hydrogen) atoms. The minimum atomic E-state index is -2.05. The lowest BCUT2D eigenvalue weighted by Crippen LogP contribution is -1.82. The van der Waals surface area contributed by atoms with Gasteiger partial charge in [-0.1, -0.05) is 48.5 Å². The number of rotatable bonds is 1. The first kappa shape index (κ1) is 6.02. The van der Waals surface area contributed by atoms with Crippen LogP contribution >= 0.6 is 0 Å². The maximum absolute atomic E-state index is 7.51. The van der Waals surface area contributed by atoms with Crippen LogP contribution in [-0.2, 0) is 0 Å². The summed E-state index contributed by atoms with van der Waals surface area (Å²) in [6.45, 7) is -0.217. The highest BCUT2D eigenvalue weighted by Gasteiger charge is 1.97. The minimum Gasteiger partial charge on any atom is -0.0622 e. The van der Waals surface area contributed by atoms with E-state index in [2.05, 4.69) is 0 Å². The lowest BCUT2D eigenvalue weighted by molar-refractivity contribution is 1.34. The number of hydrogen-bond acceptors (Lipinski definition) is 0. The van der Waals surface area contributed by atoms with Crippen molar-refractivity contribution in [1.29, 1.82) is 0 Å². The Labute approximate surface area is 89.4 Å². The lowest BCUT2D eigenvalue weighted by atomic mass is 10.0. The van der Waals surface area contributed by atoms with Crippen LogP contribution in [0.5, 0.6) is 0 Å². The van der Waals surface area contributed by atoms with Crippen molar-refractivity contribution in [3.05, 3.63) is 59.7 Å². The highest BCUT2D eigenvalue weighted by atomic mass is 14.0. The molecule has 0 aliphatic carbocycles. The SMILES string of the molecule is [2H]C([2H])([2H])c1cc(-c2ccccc2)ccc1C. The summed E-state index contributed by atoms with van der Waals surface area (Å²) in [6, 6.07) is 15.4. The van der Waals surface area contributed by atoms with Gasteiger partial charge in [-0.05, 0) is 36.0 Å². The topological polar surface area (TPSA) is 0 Å². The molecule has 0 radical (unpaired) electrons. The largest absolute Gasteiger partial charge is 0.0622 e. The Morgan fingerprint density at radius 2 is 1.64 bits per heavy atom. The van der Waals surface area contributed by atoms with Crippen LogP contribution < -0.4 is 0 Å². The fourth-order valence-electron chi connectivity index (χ4n) is 1.43. The molecule has 0 aliphatic rings. The molecule has 0 saturated carbocycles. The molecule has 0 atom stereocenters. The van der Waals surface area contributed by atoms with Crippen molar-refractivity contribution < 1.29 is 4.11 Å². The van der Waals surface area contributed by atoms with Gasteiger partial charge in [-0.15, -0.1) is 0 Å². The van der Waals surface area contributed by atoms with E-state index in [4.69, 9.17) is 4.11 Å². The number of hydrogen-bond donors (Lipinski definition) is 0. The molecule has 0 saturated heterocycles. The molecule has 0 fully saturated rings. The molecule has 2 aromatic rings. The summed E-state index contributed by atoms with van der Waals surface area (Å²) in [5.74, 6) is 0. The highest BCUT2D eigenvalue weighted by molar-refractivity contribution is 5.64. The second-order valence-electron chi connectivity index (χ2n) is 3.40. The molecule has 70 valence electrons. The normalized spacial score (nSPS) is 14.2. The van der Waals surface area contributed by atoms with E-state index in [1.165, 1.54) is 0 Å². The quantitative estimate of drug-likeness (QED) is 0.630. The minimum absolute atomic E-state index is 0.429. The van der Waals surface area contributed by atoms with Crippen LogP contribution in [0, 0.1) is 13.8 Å². The van der Waals surface area contributed by atoms with Crippen molar-refractivity contribution in [1.82, 2.24) is 0 Å². The summed E-state index contributed by atoms with van der Waals surface area (Å²) in [5.41, 5.74) is 3.23. The summed E-state index contributed by atoms with van der Waals surface area (Å²) in [6.07, 6.45) is 0. The fourth-order valence-corrected chi connectivity index (χ4v) is 1.43. The zero-order valence-electron chi connectivity index (χ0n) is 11.1. The van der Waals surface area contributed by atoms with Crippen molar-refractivity contribution in [2.45, 2.75) is 13.8 Å². The van der Waals surface area contributed by atoms with Gasteiger partial charge in [-0.3, -0.25) is 0 Å². The Hall–Kier alpha value is -1.56. The van der Waals surface area contributed by atoms with E-state index in [0.717, 1.165) is 16.7 Å². The van der Waals surface area contributed by atoms with Gasteiger partial charge in [0.25, 0.3) is 0 Å². The summed E-state index contributed by atoms with van der Waals surface area (Å²) in [7, 11) is 0.